The Bertz CT molecular complexity index is 649. The summed E-state index contributed by atoms with van der Waals surface area (Å²) in [6.45, 7) is 1.30. The van der Waals surface area contributed by atoms with Gasteiger partial charge in [-0.25, -0.2) is 4.39 Å². The van der Waals surface area contributed by atoms with Gasteiger partial charge in [0.2, 0.25) is 5.91 Å². The van der Waals surface area contributed by atoms with Crippen LogP contribution in [0.2, 0.25) is 0 Å². The highest BCUT2D eigenvalue weighted by Gasteiger charge is 2.43. The second-order valence-electron chi connectivity index (χ2n) is 5.68. The van der Waals surface area contributed by atoms with Gasteiger partial charge in [-0.2, -0.15) is 18.4 Å². The van der Waals surface area contributed by atoms with E-state index in [1.807, 2.05) is 6.07 Å². The van der Waals surface area contributed by atoms with Crippen molar-refractivity contribution >= 4 is 11.6 Å². The Balaban J connectivity index is 1.98. The molecule has 0 bridgehead atoms. The smallest absolute Gasteiger partial charge is 0.376 e. The fourth-order valence-electron chi connectivity index (χ4n) is 2.25. The van der Waals surface area contributed by atoms with E-state index in [9.17, 15) is 22.4 Å². The molecule has 4 nitrogen and oxygen atoms in total. The molecule has 124 valence electrons. The lowest BCUT2D eigenvalue weighted by atomic mass is 9.98. The Morgan fingerprint density at radius 3 is 2.57 bits per heavy atom. The molecule has 1 atom stereocenters. The molecule has 0 radical (unpaired) electrons. The number of hydrogen-bond acceptors (Lipinski definition) is 3. The minimum absolute atomic E-state index is 0.0287. The monoisotopic (exact) mass is 329 g/mol. The maximum absolute atomic E-state index is 13.2. The third kappa shape index (κ3) is 4.12. The summed E-state index contributed by atoms with van der Waals surface area (Å²) in [5.41, 5.74) is -2.40. The zero-order valence-electron chi connectivity index (χ0n) is 12.3. The van der Waals surface area contributed by atoms with E-state index in [2.05, 4.69) is 10.6 Å². The number of hydrogen-bond donors (Lipinski definition) is 2. The largest absolute Gasteiger partial charge is 0.419 e. The molecule has 1 aromatic carbocycles. The minimum atomic E-state index is -4.81. The van der Waals surface area contributed by atoms with E-state index < -0.39 is 29.0 Å². The van der Waals surface area contributed by atoms with Crippen molar-refractivity contribution < 1.29 is 22.4 Å². The number of rotatable bonds is 5. The van der Waals surface area contributed by atoms with Gasteiger partial charge in [-0.05, 0) is 43.9 Å². The molecule has 2 N–H and O–H groups in total. The van der Waals surface area contributed by atoms with E-state index in [0.29, 0.717) is 12.1 Å². The van der Waals surface area contributed by atoms with Crippen molar-refractivity contribution in [3.63, 3.8) is 0 Å². The van der Waals surface area contributed by atoms with Crippen LogP contribution < -0.4 is 10.6 Å². The molecule has 0 heterocycles. The molecule has 0 unspecified atom stereocenters. The third-order valence-corrected chi connectivity index (χ3v) is 3.75. The van der Waals surface area contributed by atoms with Crippen LogP contribution in [0.25, 0.3) is 0 Å². The van der Waals surface area contributed by atoms with Gasteiger partial charge < -0.3 is 10.6 Å². The first-order chi connectivity index (χ1) is 10.7. The molecule has 1 aliphatic rings. The number of halogens is 4. The Morgan fingerprint density at radius 2 is 2.04 bits per heavy atom. The fourth-order valence-corrected chi connectivity index (χ4v) is 2.25. The third-order valence-electron chi connectivity index (χ3n) is 3.75. The van der Waals surface area contributed by atoms with E-state index >= 15 is 0 Å². The number of carbonyl (C=O) groups is 1. The lowest BCUT2D eigenvalue weighted by Crippen LogP contribution is -2.48. The van der Waals surface area contributed by atoms with Crippen molar-refractivity contribution in [3.05, 3.63) is 29.6 Å². The number of benzene rings is 1. The zero-order chi connectivity index (χ0) is 17.3. The minimum Gasteiger partial charge on any atom is -0.376 e. The normalized spacial score (nSPS) is 17.0. The molecule has 1 fully saturated rings. The molecular formula is C15H15F4N3O. The summed E-state index contributed by atoms with van der Waals surface area (Å²) in [6.07, 6.45) is -3.11. The predicted octanol–water partition coefficient (Wildman–Crippen LogP) is 3.06. The standard InChI is InChI=1S/C15H15F4N3O/c1-14(8-20,9-2-3-9)22-13(23)7-21-10-4-5-12(16)11(6-10)15(17,18)19/h4-6,9,21H,2-3,7H2,1H3,(H,22,23)/t14-/m0/s1. The second kappa shape index (κ2) is 6.07. The average Bonchev–Trinajstić information content (AvgIpc) is 3.30. The molecule has 0 aliphatic heterocycles. The second-order valence-corrected chi connectivity index (χ2v) is 5.68. The molecule has 8 heteroatoms. The highest BCUT2D eigenvalue weighted by molar-refractivity contribution is 5.82. The molecule has 0 saturated heterocycles. The van der Waals surface area contributed by atoms with Gasteiger partial charge in [0, 0.05) is 5.69 Å². The number of amides is 1. The molecule has 1 aromatic rings. The van der Waals surface area contributed by atoms with Crippen LogP contribution in [0.15, 0.2) is 18.2 Å². The highest BCUT2D eigenvalue weighted by atomic mass is 19.4. The molecule has 23 heavy (non-hydrogen) atoms. The number of nitrogens with zero attached hydrogens (tertiary/aromatic N) is 1. The first-order valence-electron chi connectivity index (χ1n) is 6.98. The van der Waals surface area contributed by atoms with Gasteiger partial charge in [-0.1, -0.05) is 0 Å². The van der Waals surface area contributed by atoms with Crippen molar-refractivity contribution in [1.29, 1.82) is 5.26 Å². The lowest BCUT2D eigenvalue weighted by molar-refractivity contribution is -0.139. The van der Waals surface area contributed by atoms with Gasteiger partial charge in [0.15, 0.2) is 0 Å². The van der Waals surface area contributed by atoms with E-state index in [0.717, 1.165) is 18.9 Å². The maximum atomic E-state index is 13.2. The van der Waals surface area contributed by atoms with Crippen molar-refractivity contribution in [1.82, 2.24) is 5.32 Å². The summed E-state index contributed by atoms with van der Waals surface area (Å²) < 4.78 is 51.0. The van der Waals surface area contributed by atoms with Gasteiger partial charge in [-0.3, -0.25) is 4.79 Å². The number of anilines is 1. The number of nitrogens with one attached hydrogen (secondary N) is 2. The van der Waals surface area contributed by atoms with Crippen LogP contribution in [0.4, 0.5) is 23.2 Å². The summed E-state index contributed by atoms with van der Waals surface area (Å²) >= 11 is 0. The first-order valence-corrected chi connectivity index (χ1v) is 6.98. The summed E-state index contributed by atoms with van der Waals surface area (Å²) in [5.74, 6) is -1.80. The molecular weight excluding hydrogens is 314 g/mol. The Labute approximate surface area is 130 Å². The summed E-state index contributed by atoms with van der Waals surface area (Å²) in [4.78, 5) is 11.9. The summed E-state index contributed by atoms with van der Waals surface area (Å²) in [7, 11) is 0. The van der Waals surface area contributed by atoms with Crippen LogP contribution in [0.5, 0.6) is 0 Å². The van der Waals surface area contributed by atoms with Crippen LogP contribution in [0.3, 0.4) is 0 Å². The maximum Gasteiger partial charge on any atom is 0.419 e. The van der Waals surface area contributed by atoms with Crippen molar-refractivity contribution in [2.75, 3.05) is 11.9 Å². The van der Waals surface area contributed by atoms with Crippen LogP contribution >= 0.6 is 0 Å². The van der Waals surface area contributed by atoms with E-state index in [1.54, 1.807) is 6.92 Å². The van der Waals surface area contributed by atoms with Gasteiger partial charge in [0.1, 0.15) is 11.4 Å². The van der Waals surface area contributed by atoms with Crippen molar-refractivity contribution in [3.8, 4) is 6.07 Å². The Morgan fingerprint density at radius 1 is 1.39 bits per heavy atom. The van der Waals surface area contributed by atoms with Gasteiger partial charge >= 0.3 is 6.18 Å². The quantitative estimate of drug-likeness (QED) is 0.816. The van der Waals surface area contributed by atoms with Crippen LogP contribution in [0.1, 0.15) is 25.3 Å². The number of carbonyl (C=O) groups excluding carboxylic acids is 1. The molecule has 1 amide bonds. The highest BCUT2D eigenvalue weighted by Crippen LogP contribution is 2.39. The van der Waals surface area contributed by atoms with E-state index in [1.165, 1.54) is 0 Å². The molecule has 2 rings (SSSR count). The van der Waals surface area contributed by atoms with Crippen molar-refractivity contribution in [2.24, 2.45) is 5.92 Å². The topological polar surface area (TPSA) is 64.9 Å². The Hall–Kier alpha value is -2.30. The zero-order valence-corrected chi connectivity index (χ0v) is 12.3. The van der Waals surface area contributed by atoms with Gasteiger partial charge in [0.05, 0.1) is 18.2 Å². The van der Waals surface area contributed by atoms with Crippen molar-refractivity contribution in [2.45, 2.75) is 31.5 Å². The molecule has 1 aliphatic carbocycles. The fraction of sp³-hybridized carbons (Fsp3) is 0.467. The van der Waals surface area contributed by atoms with E-state index in [-0.39, 0.29) is 18.2 Å². The number of nitriles is 1. The molecule has 0 aromatic heterocycles. The summed E-state index contributed by atoms with van der Waals surface area (Å²) in [6, 6.07) is 4.45. The molecule has 0 spiro atoms. The first kappa shape index (κ1) is 17.1. The van der Waals surface area contributed by atoms with Gasteiger partial charge in [-0.15, -0.1) is 0 Å². The average molecular weight is 329 g/mol. The van der Waals surface area contributed by atoms with Crippen LogP contribution in [-0.4, -0.2) is 18.0 Å². The number of alkyl halides is 3. The summed E-state index contributed by atoms with van der Waals surface area (Å²) in [5, 5.41) is 14.2. The van der Waals surface area contributed by atoms with Crippen LogP contribution in [0, 0.1) is 23.1 Å². The lowest BCUT2D eigenvalue weighted by Gasteiger charge is -2.23. The molecule has 1 saturated carbocycles. The Kier molecular flexibility index (Phi) is 4.50. The van der Waals surface area contributed by atoms with Crippen LogP contribution in [-0.2, 0) is 11.0 Å². The van der Waals surface area contributed by atoms with Gasteiger partial charge in [0.25, 0.3) is 0 Å². The predicted molar refractivity (Wildman–Crippen MR) is 74.8 cm³/mol. The van der Waals surface area contributed by atoms with E-state index in [4.69, 9.17) is 5.26 Å². The SMILES string of the molecule is C[C@@](C#N)(NC(=O)CNc1ccc(F)c(C(F)(F)F)c1)C1CC1.